The fraction of sp³-hybridized carbons (Fsp3) is 0.571. The molecule has 0 heterocycles. The molecular weight excluding hydrogens is 182 g/mol. The van der Waals surface area contributed by atoms with Gasteiger partial charge in [-0.2, -0.15) is 0 Å². The number of rotatable bonds is 3. The van der Waals surface area contributed by atoms with Gasteiger partial charge in [-0.1, -0.05) is 45.0 Å². The molecule has 15 heavy (non-hydrogen) atoms. The normalized spacial score (nSPS) is 12.1. The molecule has 0 aliphatic rings. The molecule has 0 bridgehead atoms. The lowest BCUT2D eigenvalue weighted by molar-refractivity contribution is 0.413. The molecule has 0 spiro atoms. The Hall–Kier alpha value is -0.820. The Bertz CT molecular complexity index is 290. The van der Waals surface area contributed by atoms with Crippen LogP contribution in [0.1, 0.15) is 31.9 Å². The smallest absolute Gasteiger partial charge is 0.00157 e. The number of likely N-dealkylation sites (N-methyl/N-ethyl adjacent to an activating group) is 1. The summed E-state index contributed by atoms with van der Waals surface area (Å²) in [4.78, 5) is 2.22. The van der Waals surface area contributed by atoms with Gasteiger partial charge in [-0.25, -0.2) is 0 Å². The molecular formula is C14H23N. The summed E-state index contributed by atoms with van der Waals surface area (Å²) < 4.78 is 0. The predicted molar refractivity (Wildman–Crippen MR) is 67.4 cm³/mol. The van der Waals surface area contributed by atoms with Gasteiger partial charge in [0.25, 0.3) is 0 Å². The first kappa shape index (κ1) is 12.3. The highest BCUT2D eigenvalue weighted by atomic mass is 15.0. The van der Waals surface area contributed by atoms with Crippen LogP contribution in [0.15, 0.2) is 24.3 Å². The average molecular weight is 205 g/mol. The number of hydrogen-bond donors (Lipinski definition) is 0. The van der Waals surface area contributed by atoms with Gasteiger partial charge in [-0.15, -0.1) is 0 Å². The first-order valence-electron chi connectivity index (χ1n) is 5.64. The van der Waals surface area contributed by atoms with Gasteiger partial charge in [0.15, 0.2) is 0 Å². The van der Waals surface area contributed by atoms with Crippen LogP contribution < -0.4 is 0 Å². The average Bonchev–Trinajstić information content (AvgIpc) is 2.14. The van der Waals surface area contributed by atoms with E-state index < -0.39 is 0 Å². The van der Waals surface area contributed by atoms with Gasteiger partial charge in [-0.05, 0) is 37.1 Å². The molecule has 0 aromatic heterocycles. The molecule has 1 rings (SSSR count). The summed E-state index contributed by atoms with van der Waals surface area (Å²) in [7, 11) is 4.23. The van der Waals surface area contributed by atoms with E-state index in [0.717, 1.165) is 13.0 Å². The number of nitrogens with zero attached hydrogens (tertiary/aromatic N) is 1. The van der Waals surface area contributed by atoms with Crippen molar-refractivity contribution in [2.75, 3.05) is 20.6 Å². The highest BCUT2D eigenvalue weighted by Crippen LogP contribution is 2.22. The highest BCUT2D eigenvalue weighted by molar-refractivity contribution is 5.27. The van der Waals surface area contributed by atoms with Gasteiger partial charge >= 0.3 is 0 Å². The minimum absolute atomic E-state index is 0.264. The van der Waals surface area contributed by atoms with Crippen LogP contribution in [-0.4, -0.2) is 25.5 Å². The van der Waals surface area contributed by atoms with Crippen LogP contribution in [0.25, 0.3) is 0 Å². The van der Waals surface area contributed by atoms with E-state index >= 15 is 0 Å². The summed E-state index contributed by atoms with van der Waals surface area (Å²) in [6, 6.07) is 9.02. The lowest BCUT2D eigenvalue weighted by Crippen LogP contribution is -2.15. The molecule has 0 aliphatic carbocycles. The Labute approximate surface area is 94.1 Å². The summed E-state index contributed by atoms with van der Waals surface area (Å²) >= 11 is 0. The van der Waals surface area contributed by atoms with Gasteiger partial charge < -0.3 is 4.90 Å². The largest absolute Gasteiger partial charge is 0.309 e. The van der Waals surface area contributed by atoms with E-state index in [1.54, 1.807) is 0 Å². The second kappa shape index (κ2) is 4.80. The molecule has 0 aliphatic heterocycles. The molecule has 0 unspecified atom stereocenters. The third-order valence-electron chi connectivity index (χ3n) is 2.67. The van der Waals surface area contributed by atoms with E-state index in [0.29, 0.717) is 0 Å². The van der Waals surface area contributed by atoms with Crippen LogP contribution in [0, 0.1) is 0 Å². The quantitative estimate of drug-likeness (QED) is 0.733. The van der Waals surface area contributed by atoms with Crippen molar-refractivity contribution in [2.45, 2.75) is 32.6 Å². The summed E-state index contributed by atoms with van der Waals surface area (Å²) in [6.45, 7) is 7.88. The zero-order chi connectivity index (χ0) is 11.5. The van der Waals surface area contributed by atoms with E-state index in [-0.39, 0.29) is 5.41 Å². The SMILES string of the molecule is CN(C)CCc1ccc(C(C)(C)C)cc1. The monoisotopic (exact) mass is 205 g/mol. The zero-order valence-electron chi connectivity index (χ0n) is 10.7. The first-order chi connectivity index (χ1) is 6.89. The molecule has 84 valence electrons. The Kier molecular flexibility index (Phi) is 3.92. The van der Waals surface area contributed by atoms with Crippen LogP contribution in [0.3, 0.4) is 0 Å². The molecule has 0 amide bonds. The molecule has 0 atom stereocenters. The van der Waals surface area contributed by atoms with E-state index in [1.807, 2.05) is 0 Å². The van der Waals surface area contributed by atoms with Crippen molar-refractivity contribution in [1.82, 2.24) is 4.90 Å². The highest BCUT2D eigenvalue weighted by Gasteiger charge is 2.12. The molecule has 1 aromatic carbocycles. The van der Waals surface area contributed by atoms with Crippen LogP contribution in [-0.2, 0) is 11.8 Å². The van der Waals surface area contributed by atoms with Gasteiger partial charge in [0.05, 0.1) is 0 Å². The van der Waals surface area contributed by atoms with Gasteiger partial charge in [-0.3, -0.25) is 0 Å². The Morgan fingerprint density at radius 2 is 1.53 bits per heavy atom. The summed E-state index contributed by atoms with van der Waals surface area (Å²) in [6.07, 6.45) is 1.14. The van der Waals surface area contributed by atoms with E-state index in [4.69, 9.17) is 0 Å². The molecule has 0 saturated carbocycles. The van der Waals surface area contributed by atoms with Crippen LogP contribution in [0.4, 0.5) is 0 Å². The van der Waals surface area contributed by atoms with E-state index in [9.17, 15) is 0 Å². The van der Waals surface area contributed by atoms with Gasteiger partial charge in [0.1, 0.15) is 0 Å². The molecule has 0 fully saturated rings. The maximum atomic E-state index is 2.25. The lowest BCUT2D eigenvalue weighted by Gasteiger charge is -2.19. The van der Waals surface area contributed by atoms with Crippen LogP contribution in [0.2, 0.25) is 0 Å². The maximum Gasteiger partial charge on any atom is 0.00157 e. The fourth-order valence-electron chi connectivity index (χ4n) is 1.52. The van der Waals surface area contributed by atoms with Crippen LogP contribution >= 0.6 is 0 Å². The second-order valence-electron chi connectivity index (χ2n) is 5.50. The zero-order valence-corrected chi connectivity index (χ0v) is 10.7. The summed E-state index contributed by atoms with van der Waals surface area (Å²) in [5.41, 5.74) is 3.10. The van der Waals surface area contributed by atoms with Crippen molar-refractivity contribution in [3.8, 4) is 0 Å². The first-order valence-corrected chi connectivity index (χ1v) is 5.64. The fourth-order valence-corrected chi connectivity index (χ4v) is 1.52. The summed E-state index contributed by atoms with van der Waals surface area (Å²) in [5, 5.41) is 0. The molecule has 0 radical (unpaired) electrons. The Balaban J connectivity index is 2.65. The Morgan fingerprint density at radius 3 is 1.93 bits per heavy atom. The van der Waals surface area contributed by atoms with Crippen molar-refractivity contribution < 1.29 is 0 Å². The third-order valence-corrected chi connectivity index (χ3v) is 2.67. The standard InChI is InChI=1S/C14H23N/c1-14(2,3)13-8-6-12(7-9-13)10-11-15(4)5/h6-9H,10-11H2,1-5H3. The predicted octanol–water partition coefficient (Wildman–Crippen LogP) is 3.09. The Morgan fingerprint density at radius 1 is 1.00 bits per heavy atom. The lowest BCUT2D eigenvalue weighted by atomic mass is 9.86. The van der Waals surface area contributed by atoms with Gasteiger partial charge in [0, 0.05) is 6.54 Å². The second-order valence-corrected chi connectivity index (χ2v) is 5.50. The van der Waals surface area contributed by atoms with E-state index in [2.05, 4.69) is 64.0 Å². The molecule has 1 heteroatoms. The summed E-state index contributed by atoms with van der Waals surface area (Å²) in [5.74, 6) is 0. The van der Waals surface area contributed by atoms with Crippen molar-refractivity contribution in [2.24, 2.45) is 0 Å². The number of benzene rings is 1. The molecule has 0 saturated heterocycles. The van der Waals surface area contributed by atoms with Crippen LogP contribution in [0.5, 0.6) is 0 Å². The molecule has 1 nitrogen and oxygen atoms in total. The van der Waals surface area contributed by atoms with Crippen molar-refractivity contribution in [1.29, 1.82) is 0 Å². The maximum absolute atomic E-state index is 2.25. The number of hydrogen-bond acceptors (Lipinski definition) is 1. The molecule has 1 aromatic rings. The molecule has 0 N–H and O–H groups in total. The minimum atomic E-state index is 0.264. The topological polar surface area (TPSA) is 3.24 Å². The van der Waals surface area contributed by atoms with Crippen molar-refractivity contribution in [3.63, 3.8) is 0 Å². The van der Waals surface area contributed by atoms with E-state index in [1.165, 1.54) is 11.1 Å². The third kappa shape index (κ3) is 4.05. The van der Waals surface area contributed by atoms with Crippen molar-refractivity contribution >= 4 is 0 Å². The van der Waals surface area contributed by atoms with Gasteiger partial charge in [0.2, 0.25) is 0 Å². The minimum Gasteiger partial charge on any atom is -0.309 e. The van der Waals surface area contributed by atoms with Crippen molar-refractivity contribution in [3.05, 3.63) is 35.4 Å².